The monoisotopic (exact) mass is 128 g/mol. The SMILES string of the molecule is CCCCN1NC=CO1. The molecule has 0 atom stereocenters. The predicted octanol–water partition coefficient (Wildman–Crippen LogP) is 1.01. The zero-order valence-electron chi connectivity index (χ0n) is 5.63. The number of hydrogen-bond acceptors (Lipinski definition) is 3. The molecule has 0 aromatic carbocycles. The Labute approximate surface area is 55.2 Å². The average Bonchev–Trinajstić information content (AvgIpc) is 2.34. The van der Waals surface area contributed by atoms with Crippen LogP contribution in [0.2, 0.25) is 0 Å². The summed E-state index contributed by atoms with van der Waals surface area (Å²) in [6, 6.07) is 0. The van der Waals surface area contributed by atoms with Crippen molar-refractivity contribution < 1.29 is 4.84 Å². The predicted molar refractivity (Wildman–Crippen MR) is 35.0 cm³/mol. The molecule has 0 aromatic rings. The van der Waals surface area contributed by atoms with Gasteiger partial charge in [-0.2, -0.15) is 0 Å². The maximum atomic E-state index is 5.00. The highest BCUT2D eigenvalue weighted by atomic mass is 16.7. The van der Waals surface area contributed by atoms with Crippen molar-refractivity contribution >= 4 is 0 Å². The lowest BCUT2D eigenvalue weighted by Gasteiger charge is -2.12. The van der Waals surface area contributed by atoms with Crippen LogP contribution in [0.3, 0.4) is 0 Å². The molecule has 52 valence electrons. The van der Waals surface area contributed by atoms with Gasteiger partial charge in [-0.25, -0.2) is 0 Å². The van der Waals surface area contributed by atoms with Crippen molar-refractivity contribution in [2.24, 2.45) is 0 Å². The molecule has 0 aliphatic carbocycles. The van der Waals surface area contributed by atoms with E-state index >= 15 is 0 Å². The summed E-state index contributed by atoms with van der Waals surface area (Å²) in [5.74, 6) is 0. The molecule has 0 radical (unpaired) electrons. The third-order valence-electron chi connectivity index (χ3n) is 1.19. The zero-order valence-corrected chi connectivity index (χ0v) is 5.63. The van der Waals surface area contributed by atoms with E-state index in [4.69, 9.17) is 4.84 Å². The second-order valence-electron chi connectivity index (χ2n) is 1.99. The van der Waals surface area contributed by atoms with Gasteiger partial charge < -0.3 is 4.84 Å². The number of nitrogens with one attached hydrogen (secondary N) is 1. The lowest BCUT2D eigenvalue weighted by Crippen LogP contribution is -2.29. The maximum absolute atomic E-state index is 5.00. The first-order valence-electron chi connectivity index (χ1n) is 3.29. The molecule has 0 unspecified atom stereocenters. The van der Waals surface area contributed by atoms with Gasteiger partial charge in [0.1, 0.15) is 6.26 Å². The van der Waals surface area contributed by atoms with Crippen molar-refractivity contribution in [3.05, 3.63) is 12.5 Å². The summed E-state index contributed by atoms with van der Waals surface area (Å²) in [7, 11) is 0. The first-order chi connectivity index (χ1) is 4.43. The summed E-state index contributed by atoms with van der Waals surface area (Å²) in [6.45, 7) is 3.10. The van der Waals surface area contributed by atoms with Crippen molar-refractivity contribution in [2.45, 2.75) is 19.8 Å². The molecule has 0 saturated heterocycles. The lowest BCUT2D eigenvalue weighted by molar-refractivity contribution is -0.113. The van der Waals surface area contributed by atoms with Gasteiger partial charge >= 0.3 is 0 Å². The van der Waals surface area contributed by atoms with Crippen LogP contribution < -0.4 is 5.43 Å². The van der Waals surface area contributed by atoms with Crippen molar-refractivity contribution in [2.75, 3.05) is 6.54 Å². The molecule has 0 spiro atoms. The topological polar surface area (TPSA) is 24.5 Å². The summed E-state index contributed by atoms with van der Waals surface area (Å²) in [5.41, 5.74) is 2.92. The molecule has 9 heavy (non-hydrogen) atoms. The Kier molecular flexibility index (Phi) is 2.39. The summed E-state index contributed by atoms with van der Waals surface area (Å²) < 4.78 is 0. The number of unbranched alkanes of at least 4 members (excludes halogenated alkanes) is 1. The zero-order chi connectivity index (χ0) is 6.53. The Morgan fingerprint density at radius 3 is 3.11 bits per heavy atom. The van der Waals surface area contributed by atoms with Crippen LogP contribution in [-0.2, 0) is 4.84 Å². The number of hydrazine groups is 1. The van der Waals surface area contributed by atoms with Crippen LogP contribution in [0.1, 0.15) is 19.8 Å². The van der Waals surface area contributed by atoms with Crippen molar-refractivity contribution in [3.63, 3.8) is 0 Å². The van der Waals surface area contributed by atoms with E-state index in [9.17, 15) is 0 Å². The maximum Gasteiger partial charge on any atom is 0.131 e. The molecule has 3 nitrogen and oxygen atoms in total. The normalized spacial score (nSPS) is 17.4. The first-order valence-corrected chi connectivity index (χ1v) is 3.29. The number of hydrogen-bond donors (Lipinski definition) is 1. The van der Waals surface area contributed by atoms with E-state index < -0.39 is 0 Å². The molecule has 0 amide bonds. The Morgan fingerprint density at radius 1 is 1.67 bits per heavy atom. The molecular weight excluding hydrogens is 116 g/mol. The van der Waals surface area contributed by atoms with Gasteiger partial charge in [-0.15, -0.1) is 0 Å². The van der Waals surface area contributed by atoms with E-state index in [1.807, 2.05) is 0 Å². The van der Waals surface area contributed by atoms with Crippen LogP contribution in [0, 0.1) is 0 Å². The summed E-state index contributed by atoms with van der Waals surface area (Å²) in [4.78, 5) is 5.00. The molecule has 1 aliphatic heterocycles. The van der Waals surface area contributed by atoms with E-state index in [2.05, 4.69) is 12.3 Å². The minimum atomic E-state index is 0.948. The second-order valence-corrected chi connectivity index (χ2v) is 1.99. The van der Waals surface area contributed by atoms with Crippen LogP contribution in [-0.4, -0.2) is 11.7 Å². The van der Waals surface area contributed by atoms with E-state index in [-0.39, 0.29) is 0 Å². The van der Waals surface area contributed by atoms with E-state index in [0.717, 1.165) is 13.0 Å². The molecule has 0 aromatic heterocycles. The third kappa shape index (κ3) is 1.93. The minimum absolute atomic E-state index is 0.948. The minimum Gasteiger partial charge on any atom is -0.393 e. The molecule has 0 bridgehead atoms. The van der Waals surface area contributed by atoms with Crippen LogP contribution in [0.4, 0.5) is 0 Å². The van der Waals surface area contributed by atoms with Crippen LogP contribution in [0.5, 0.6) is 0 Å². The second kappa shape index (κ2) is 3.35. The number of rotatable bonds is 3. The van der Waals surface area contributed by atoms with Crippen molar-refractivity contribution in [1.82, 2.24) is 10.6 Å². The quantitative estimate of drug-likeness (QED) is 0.614. The molecule has 1 aliphatic rings. The molecular formula is C6H12N2O. The molecule has 1 heterocycles. The largest absolute Gasteiger partial charge is 0.393 e. The molecule has 0 fully saturated rings. The van der Waals surface area contributed by atoms with E-state index in [1.165, 1.54) is 6.42 Å². The van der Waals surface area contributed by atoms with Gasteiger partial charge in [0.05, 0.1) is 12.7 Å². The first kappa shape index (κ1) is 6.42. The molecule has 0 saturated carbocycles. The smallest absolute Gasteiger partial charge is 0.131 e. The fourth-order valence-corrected chi connectivity index (χ4v) is 0.667. The fraction of sp³-hybridized carbons (Fsp3) is 0.667. The lowest BCUT2D eigenvalue weighted by atomic mass is 10.3. The Bertz CT molecular complexity index is 95.2. The highest BCUT2D eigenvalue weighted by Crippen LogP contribution is 1.97. The highest BCUT2D eigenvalue weighted by Gasteiger charge is 2.03. The third-order valence-corrected chi connectivity index (χ3v) is 1.19. The van der Waals surface area contributed by atoms with Gasteiger partial charge in [0.2, 0.25) is 0 Å². The Morgan fingerprint density at radius 2 is 2.56 bits per heavy atom. The summed E-state index contributed by atoms with van der Waals surface area (Å²) in [6.07, 6.45) is 5.77. The summed E-state index contributed by atoms with van der Waals surface area (Å²) >= 11 is 0. The van der Waals surface area contributed by atoms with Gasteiger partial charge in [-0.1, -0.05) is 18.5 Å². The molecule has 3 heteroatoms. The molecule has 1 rings (SSSR count). The van der Waals surface area contributed by atoms with Crippen molar-refractivity contribution in [3.8, 4) is 0 Å². The van der Waals surface area contributed by atoms with Crippen LogP contribution >= 0.6 is 0 Å². The van der Waals surface area contributed by atoms with Gasteiger partial charge in [0.25, 0.3) is 0 Å². The molecule has 1 N–H and O–H groups in total. The fourth-order valence-electron chi connectivity index (χ4n) is 0.667. The van der Waals surface area contributed by atoms with Gasteiger partial charge in [-0.3, -0.25) is 5.43 Å². The van der Waals surface area contributed by atoms with Gasteiger partial charge in [0.15, 0.2) is 0 Å². The van der Waals surface area contributed by atoms with E-state index in [0.29, 0.717) is 0 Å². The Hall–Kier alpha value is -0.700. The van der Waals surface area contributed by atoms with Gasteiger partial charge in [-0.05, 0) is 6.42 Å². The van der Waals surface area contributed by atoms with Crippen LogP contribution in [0.15, 0.2) is 12.5 Å². The van der Waals surface area contributed by atoms with Gasteiger partial charge in [0, 0.05) is 0 Å². The standard InChI is InChI=1S/C6H12N2O/c1-2-3-5-8-7-4-6-9-8/h4,6-7H,2-3,5H2,1H3. The average molecular weight is 128 g/mol. The Balaban J connectivity index is 2.01. The summed E-state index contributed by atoms with van der Waals surface area (Å²) in [5, 5.41) is 1.71. The van der Waals surface area contributed by atoms with E-state index in [1.54, 1.807) is 17.6 Å². The van der Waals surface area contributed by atoms with Crippen molar-refractivity contribution in [1.29, 1.82) is 0 Å². The number of nitrogens with zero attached hydrogens (tertiary/aromatic N) is 1. The number of hydroxylamine groups is 1. The van der Waals surface area contributed by atoms with Crippen LogP contribution in [0.25, 0.3) is 0 Å². The highest BCUT2D eigenvalue weighted by molar-refractivity contribution is 4.72.